The Morgan fingerprint density at radius 1 is 1.04 bits per heavy atom. The van der Waals surface area contributed by atoms with Crippen molar-refractivity contribution in [1.82, 2.24) is 9.78 Å². The molecule has 1 unspecified atom stereocenters. The van der Waals surface area contributed by atoms with Crippen LogP contribution in [0.15, 0.2) is 66.9 Å². The monoisotopic (exact) mass is 362 g/mol. The first kappa shape index (κ1) is 18.6. The maximum absolute atomic E-state index is 12.6. The second-order valence-corrected chi connectivity index (χ2v) is 6.31. The Hall–Kier alpha value is -3.21. The lowest BCUT2D eigenvalue weighted by molar-refractivity contribution is -0.147. The molecule has 2 aromatic carbocycles. The van der Waals surface area contributed by atoms with Crippen LogP contribution in [0, 0.1) is 6.92 Å². The maximum atomic E-state index is 12.6. The van der Waals surface area contributed by atoms with Gasteiger partial charge in [-0.25, -0.2) is 4.79 Å². The molecular weight excluding hydrogens is 340 g/mol. The van der Waals surface area contributed by atoms with Gasteiger partial charge in [0.1, 0.15) is 0 Å². The topological polar surface area (TPSA) is 61.2 Å². The molecule has 0 bridgehead atoms. The van der Waals surface area contributed by atoms with Crippen molar-refractivity contribution in [3.8, 4) is 11.3 Å². The standard InChI is InChI=1S/C22H22N2O3/c1-3-27-22(26)20(15-21(25)18-7-5-4-6-8-18)24-14-13-19(23-24)17-11-9-16(2)10-12-17/h4-14,20H,3,15H2,1-2H3. The van der Waals surface area contributed by atoms with E-state index < -0.39 is 12.0 Å². The summed E-state index contributed by atoms with van der Waals surface area (Å²) in [5.41, 5.74) is 3.43. The molecule has 3 aromatic rings. The van der Waals surface area contributed by atoms with E-state index in [1.165, 1.54) is 4.68 Å². The van der Waals surface area contributed by atoms with Gasteiger partial charge in [-0.3, -0.25) is 9.48 Å². The maximum Gasteiger partial charge on any atom is 0.331 e. The zero-order valence-corrected chi connectivity index (χ0v) is 15.5. The van der Waals surface area contributed by atoms with Crippen LogP contribution in [0.3, 0.4) is 0 Å². The molecule has 27 heavy (non-hydrogen) atoms. The van der Waals surface area contributed by atoms with Crippen LogP contribution in [0.2, 0.25) is 0 Å². The number of Topliss-reactive ketones (excluding diaryl/α,β-unsaturated/α-hetero) is 1. The zero-order chi connectivity index (χ0) is 19.2. The summed E-state index contributed by atoms with van der Waals surface area (Å²) in [7, 11) is 0. The molecular formula is C22H22N2O3. The number of hydrogen-bond donors (Lipinski definition) is 0. The third-order valence-electron chi connectivity index (χ3n) is 4.31. The van der Waals surface area contributed by atoms with E-state index >= 15 is 0 Å². The van der Waals surface area contributed by atoms with Crippen LogP contribution >= 0.6 is 0 Å². The summed E-state index contributed by atoms with van der Waals surface area (Å²) in [5, 5.41) is 4.52. The fourth-order valence-corrected chi connectivity index (χ4v) is 2.83. The predicted molar refractivity (Wildman–Crippen MR) is 103 cm³/mol. The highest BCUT2D eigenvalue weighted by atomic mass is 16.5. The van der Waals surface area contributed by atoms with Crippen molar-refractivity contribution >= 4 is 11.8 Å². The Bertz CT molecular complexity index is 914. The molecule has 5 heteroatoms. The van der Waals surface area contributed by atoms with E-state index in [4.69, 9.17) is 4.74 Å². The first-order valence-electron chi connectivity index (χ1n) is 8.95. The van der Waals surface area contributed by atoms with Crippen molar-refractivity contribution < 1.29 is 14.3 Å². The van der Waals surface area contributed by atoms with Crippen molar-refractivity contribution in [3.05, 3.63) is 78.0 Å². The number of benzene rings is 2. The molecule has 3 rings (SSSR count). The van der Waals surface area contributed by atoms with Gasteiger partial charge in [-0.2, -0.15) is 5.10 Å². The Kier molecular flexibility index (Phi) is 5.81. The minimum absolute atomic E-state index is 0.00212. The summed E-state index contributed by atoms with van der Waals surface area (Å²) < 4.78 is 6.70. The third kappa shape index (κ3) is 4.50. The van der Waals surface area contributed by atoms with Crippen LogP contribution < -0.4 is 0 Å². The number of carbonyl (C=O) groups excluding carboxylic acids is 2. The highest BCUT2D eigenvalue weighted by Gasteiger charge is 2.26. The minimum atomic E-state index is -0.795. The van der Waals surface area contributed by atoms with Crippen molar-refractivity contribution in [2.75, 3.05) is 6.61 Å². The minimum Gasteiger partial charge on any atom is -0.464 e. The van der Waals surface area contributed by atoms with Crippen LogP contribution in [-0.4, -0.2) is 28.1 Å². The van der Waals surface area contributed by atoms with Gasteiger partial charge in [0.25, 0.3) is 0 Å². The Morgan fingerprint density at radius 3 is 2.41 bits per heavy atom. The van der Waals surface area contributed by atoms with E-state index in [1.807, 2.05) is 43.3 Å². The number of ketones is 1. The van der Waals surface area contributed by atoms with E-state index in [-0.39, 0.29) is 18.8 Å². The van der Waals surface area contributed by atoms with E-state index in [2.05, 4.69) is 5.10 Å². The molecule has 0 saturated carbocycles. The number of aryl methyl sites for hydroxylation is 1. The average Bonchev–Trinajstić information content (AvgIpc) is 3.17. The van der Waals surface area contributed by atoms with Crippen LogP contribution in [0.1, 0.15) is 35.3 Å². The number of hydrogen-bond acceptors (Lipinski definition) is 4. The van der Waals surface area contributed by atoms with Gasteiger partial charge >= 0.3 is 5.97 Å². The van der Waals surface area contributed by atoms with Crippen molar-refractivity contribution in [2.45, 2.75) is 26.3 Å². The lowest BCUT2D eigenvalue weighted by Crippen LogP contribution is -2.25. The van der Waals surface area contributed by atoms with Gasteiger partial charge in [0.15, 0.2) is 11.8 Å². The van der Waals surface area contributed by atoms with Crippen molar-refractivity contribution in [1.29, 1.82) is 0 Å². The molecule has 0 fully saturated rings. The van der Waals surface area contributed by atoms with Gasteiger partial charge in [-0.15, -0.1) is 0 Å². The lowest BCUT2D eigenvalue weighted by atomic mass is 10.0. The van der Waals surface area contributed by atoms with E-state index in [9.17, 15) is 9.59 Å². The first-order valence-corrected chi connectivity index (χ1v) is 8.95. The molecule has 1 heterocycles. The molecule has 0 aliphatic heterocycles. The van der Waals surface area contributed by atoms with Gasteiger partial charge in [0, 0.05) is 23.7 Å². The Labute approximate surface area is 158 Å². The molecule has 0 N–H and O–H groups in total. The van der Waals surface area contributed by atoms with Crippen LogP contribution in [0.25, 0.3) is 11.3 Å². The quantitative estimate of drug-likeness (QED) is 0.466. The van der Waals surface area contributed by atoms with Gasteiger partial charge < -0.3 is 4.74 Å². The number of ether oxygens (including phenoxy) is 1. The second-order valence-electron chi connectivity index (χ2n) is 6.31. The predicted octanol–water partition coefficient (Wildman–Crippen LogP) is 4.24. The smallest absolute Gasteiger partial charge is 0.331 e. The van der Waals surface area contributed by atoms with Gasteiger partial charge in [0.2, 0.25) is 0 Å². The molecule has 0 saturated heterocycles. The summed E-state index contributed by atoms with van der Waals surface area (Å²) >= 11 is 0. The fourth-order valence-electron chi connectivity index (χ4n) is 2.83. The lowest BCUT2D eigenvalue weighted by Gasteiger charge is -2.15. The average molecular weight is 362 g/mol. The molecule has 0 amide bonds. The largest absolute Gasteiger partial charge is 0.464 e. The van der Waals surface area contributed by atoms with E-state index in [1.54, 1.807) is 37.4 Å². The van der Waals surface area contributed by atoms with Gasteiger partial charge in [-0.1, -0.05) is 60.2 Å². The van der Waals surface area contributed by atoms with Crippen LogP contribution in [-0.2, 0) is 9.53 Å². The Morgan fingerprint density at radius 2 is 1.74 bits per heavy atom. The van der Waals surface area contributed by atoms with Crippen molar-refractivity contribution in [2.24, 2.45) is 0 Å². The third-order valence-corrected chi connectivity index (χ3v) is 4.31. The number of esters is 1. The van der Waals surface area contributed by atoms with Crippen LogP contribution in [0.4, 0.5) is 0 Å². The van der Waals surface area contributed by atoms with Crippen LogP contribution in [0.5, 0.6) is 0 Å². The number of rotatable bonds is 7. The summed E-state index contributed by atoms with van der Waals surface area (Å²) in [5.74, 6) is -0.582. The summed E-state index contributed by atoms with van der Waals surface area (Å²) in [4.78, 5) is 25.1. The van der Waals surface area contributed by atoms with E-state index in [0.717, 1.165) is 16.8 Å². The van der Waals surface area contributed by atoms with Crippen molar-refractivity contribution in [3.63, 3.8) is 0 Å². The highest BCUT2D eigenvalue weighted by Crippen LogP contribution is 2.22. The molecule has 0 aliphatic carbocycles. The van der Waals surface area contributed by atoms with E-state index in [0.29, 0.717) is 5.56 Å². The summed E-state index contributed by atoms with van der Waals surface area (Å²) in [6.07, 6.45) is 1.72. The highest BCUT2D eigenvalue weighted by molar-refractivity contribution is 5.98. The molecule has 138 valence electrons. The molecule has 1 aromatic heterocycles. The fraction of sp³-hybridized carbons (Fsp3) is 0.227. The molecule has 0 radical (unpaired) electrons. The zero-order valence-electron chi connectivity index (χ0n) is 15.5. The Balaban J connectivity index is 1.86. The molecule has 0 aliphatic rings. The molecule has 1 atom stereocenters. The normalized spacial score (nSPS) is 11.8. The SMILES string of the molecule is CCOC(=O)C(CC(=O)c1ccccc1)n1ccc(-c2ccc(C)cc2)n1. The second kappa shape index (κ2) is 8.45. The summed E-state index contributed by atoms with van der Waals surface area (Å²) in [6, 6.07) is 18.0. The molecule has 5 nitrogen and oxygen atoms in total. The van der Waals surface area contributed by atoms with Gasteiger partial charge in [0.05, 0.1) is 12.3 Å². The first-order chi connectivity index (χ1) is 13.1. The van der Waals surface area contributed by atoms with Gasteiger partial charge in [-0.05, 0) is 19.9 Å². The number of carbonyl (C=O) groups is 2. The number of nitrogens with zero attached hydrogens (tertiary/aromatic N) is 2. The molecule has 0 spiro atoms. The number of aromatic nitrogens is 2. The summed E-state index contributed by atoms with van der Waals surface area (Å²) in [6.45, 7) is 4.02.